The van der Waals surface area contributed by atoms with Crippen LogP contribution in [0.5, 0.6) is 0 Å². The third-order valence-corrected chi connectivity index (χ3v) is 10.3. The van der Waals surface area contributed by atoms with E-state index in [4.69, 9.17) is 9.47 Å². The summed E-state index contributed by atoms with van der Waals surface area (Å²) in [6, 6.07) is 10.2. The van der Waals surface area contributed by atoms with E-state index >= 15 is 0 Å². The maximum Gasteiger partial charge on any atom is 0.335 e. The number of cyclic esters (lactones) is 1. The number of hydrogen-bond acceptors (Lipinski definition) is 6. The quantitative estimate of drug-likeness (QED) is 0.256. The molecule has 5 rings (SSSR count). The van der Waals surface area contributed by atoms with Gasteiger partial charge in [0.05, 0.1) is 24.9 Å². The van der Waals surface area contributed by atoms with E-state index in [9.17, 15) is 15.0 Å². The van der Waals surface area contributed by atoms with E-state index in [1.54, 1.807) is 11.8 Å². The Balaban J connectivity index is 0.00000162. The fourth-order valence-corrected chi connectivity index (χ4v) is 8.32. The number of rotatable bonds is 6. The van der Waals surface area contributed by atoms with Crippen LogP contribution in [0.1, 0.15) is 46.0 Å². The van der Waals surface area contributed by atoms with Gasteiger partial charge in [0.2, 0.25) is 0 Å². The SMILES string of the molecule is C[C@@]1(CO)C(O)CC[C@@]2(C)C1CC[C@]1(CO1)[C@@H]2CC(Sc1ccccc1)C1=CCOC1=O.[Ac].[Ac]. The van der Waals surface area contributed by atoms with Crippen LogP contribution in [-0.2, 0) is 14.3 Å². The van der Waals surface area contributed by atoms with Crippen molar-refractivity contribution in [1.29, 1.82) is 0 Å². The molecule has 7 atom stereocenters. The van der Waals surface area contributed by atoms with Crippen molar-refractivity contribution in [2.45, 2.75) is 67.8 Å². The van der Waals surface area contributed by atoms with Gasteiger partial charge in [-0.1, -0.05) is 32.0 Å². The normalized spacial score (nSPS) is 39.2. The molecule has 1 aromatic rings. The maximum atomic E-state index is 12.6. The van der Waals surface area contributed by atoms with Gasteiger partial charge in [0, 0.05) is 109 Å². The molecule has 2 aliphatic heterocycles. The fraction of sp³-hybridized carbons (Fsp3) is 0.654. The minimum Gasteiger partial charge on any atom is -0.458 e. The molecule has 0 amide bonds. The first kappa shape index (κ1) is 30.1. The van der Waals surface area contributed by atoms with Crippen LogP contribution in [0, 0.1) is 111 Å². The third-order valence-electron chi connectivity index (χ3n) is 9.02. The van der Waals surface area contributed by atoms with Crippen LogP contribution in [0.2, 0.25) is 0 Å². The summed E-state index contributed by atoms with van der Waals surface area (Å²) in [5.74, 6) is 0.263. The van der Waals surface area contributed by atoms with Crippen LogP contribution in [0.25, 0.3) is 0 Å². The zero-order chi connectivity index (χ0) is 22.6. The Morgan fingerprint density at radius 3 is 2.44 bits per heavy atom. The summed E-state index contributed by atoms with van der Waals surface area (Å²) in [5, 5.41) is 21.1. The minimum absolute atomic E-state index is 0. The van der Waals surface area contributed by atoms with Crippen LogP contribution in [-0.4, -0.2) is 53.0 Å². The van der Waals surface area contributed by atoms with Gasteiger partial charge < -0.3 is 19.7 Å². The van der Waals surface area contributed by atoms with Crippen molar-refractivity contribution in [2.75, 3.05) is 19.8 Å². The first-order chi connectivity index (χ1) is 15.3. The molecule has 8 heteroatoms. The van der Waals surface area contributed by atoms with Crippen molar-refractivity contribution in [3.8, 4) is 0 Å². The molecule has 4 aliphatic rings. The number of hydrogen-bond donors (Lipinski definition) is 2. The summed E-state index contributed by atoms with van der Waals surface area (Å²) in [7, 11) is 0. The number of benzene rings is 1. The molecule has 2 aliphatic carbocycles. The Morgan fingerprint density at radius 2 is 1.85 bits per heavy atom. The second kappa shape index (κ2) is 11.7. The van der Waals surface area contributed by atoms with Crippen molar-refractivity contribution >= 4 is 17.7 Å². The zero-order valence-electron chi connectivity index (χ0n) is 20.1. The van der Waals surface area contributed by atoms with Crippen molar-refractivity contribution < 1.29 is 113 Å². The van der Waals surface area contributed by atoms with Gasteiger partial charge in [0.1, 0.15) is 6.61 Å². The fourth-order valence-electron chi connectivity index (χ4n) is 7.07. The molecule has 2 radical (unpaired) electrons. The Hall–Kier alpha value is 1.54. The van der Waals surface area contributed by atoms with Gasteiger partial charge in [0.25, 0.3) is 0 Å². The monoisotopic (exact) mass is 912 g/mol. The average Bonchev–Trinajstić information content (AvgIpc) is 3.44. The average molecular weight is 913 g/mol. The first-order valence-electron chi connectivity index (χ1n) is 11.8. The van der Waals surface area contributed by atoms with Crippen LogP contribution in [0.3, 0.4) is 0 Å². The zero-order valence-corrected chi connectivity index (χ0v) is 30.4. The van der Waals surface area contributed by atoms with E-state index < -0.39 is 11.5 Å². The third kappa shape index (κ3) is 5.34. The molecule has 34 heavy (non-hydrogen) atoms. The summed E-state index contributed by atoms with van der Waals surface area (Å²) in [6.07, 6.45) is 5.80. The predicted octanol–water partition coefficient (Wildman–Crippen LogP) is 3.98. The Kier molecular flexibility index (Phi) is 10.4. The molecular weight excluding hydrogens is 878 g/mol. The number of aliphatic hydroxyl groups is 2. The molecule has 3 unspecified atom stereocenters. The molecule has 3 fully saturated rings. The molecule has 2 saturated carbocycles. The molecule has 0 bridgehead atoms. The second-order valence-corrected chi connectivity index (χ2v) is 11.9. The number of fused-ring (bicyclic) bond motifs is 1. The molecule has 180 valence electrons. The molecule has 5 nitrogen and oxygen atoms in total. The number of thioether (sulfide) groups is 1. The molecule has 0 aromatic heterocycles. The van der Waals surface area contributed by atoms with E-state index in [-0.39, 0.29) is 129 Å². The van der Waals surface area contributed by atoms with Gasteiger partial charge in [0.15, 0.2) is 0 Å². The van der Waals surface area contributed by atoms with Crippen LogP contribution in [0.15, 0.2) is 46.9 Å². The van der Waals surface area contributed by atoms with Crippen LogP contribution < -0.4 is 0 Å². The van der Waals surface area contributed by atoms with E-state index in [0.717, 1.165) is 42.8 Å². The van der Waals surface area contributed by atoms with Crippen molar-refractivity contribution in [3.63, 3.8) is 0 Å². The van der Waals surface area contributed by atoms with Crippen LogP contribution >= 0.6 is 11.8 Å². The molecule has 1 spiro atoms. The summed E-state index contributed by atoms with van der Waals surface area (Å²) >= 11 is 1.73. The van der Waals surface area contributed by atoms with E-state index in [1.807, 2.05) is 24.3 Å². The van der Waals surface area contributed by atoms with Gasteiger partial charge in [-0.3, -0.25) is 0 Å². The Bertz CT molecular complexity index is 908. The number of ether oxygens (including phenoxy) is 2. The van der Waals surface area contributed by atoms with Crippen molar-refractivity contribution in [2.24, 2.45) is 22.7 Å². The molecule has 1 saturated heterocycles. The topological polar surface area (TPSA) is 79.3 Å². The minimum atomic E-state index is -0.505. The van der Waals surface area contributed by atoms with Gasteiger partial charge in [-0.2, -0.15) is 0 Å². The standard InChI is InChI=1S/C26H34O5S.2Ac/c1-24-11-9-22(28)25(2,15-27)20(24)8-12-26(16-31-26)21(24)14-19(18-10-13-30-23(18)29)32-17-6-4-3-5-7-17;;/h3-7,10,19-22,27-28H,8-9,11-16H2,1-2H3;;/t19?,20?,21-,22?,24+,25+,26+;;/m1../s1. The molecule has 2 heterocycles. The Morgan fingerprint density at radius 1 is 1.15 bits per heavy atom. The second-order valence-electron chi connectivity index (χ2n) is 10.6. The van der Waals surface area contributed by atoms with Gasteiger partial charge in [-0.25, -0.2) is 4.79 Å². The van der Waals surface area contributed by atoms with Crippen molar-refractivity contribution in [1.82, 2.24) is 0 Å². The maximum absolute atomic E-state index is 12.6. The van der Waals surface area contributed by atoms with Crippen molar-refractivity contribution in [3.05, 3.63) is 42.0 Å². The Labute approximate surface area is 278 Å². The molecular formula is C26H34Ac2O5S. The van der Waals surface area contributed by atoms with E-state index in [2.05, 4.69) is 26.0 Å². The molecule has 1 aromatic carbocycles. The van der Waals surface area contributed by atoms with E-state index in [1.165, 1.54) is 0 Å². The number of esters is 1. The van der Waals surface area contributed by atoms with E-state index in [0.29, 0.717) is 13.0 Å². The summed E-state index contributed by atoms with van der Waals surface area (Å²) in [5.41, 5.74) is 0.0585. The summed E-state index contributed by atoms with van der Waals surface area (Å²) in [6.45, 7) is 5.51. The summed E-state index contributed by atoms with van der Waals surface area (Å²) in [4.78, 5) is 13.7. The largest absolute Gasteiger partial charge is 0.458 e. The van der Waals surface area contributed by atoms with Gasteiger partial charge in [-0.15, -0.1) is 11.8 Å². The smallest absolute Gasteiger partial charge is 0.335 e. The number of carbonyl (C=O) groups is 1. The number of aliphatic hydroxyl groups excluding tert-OH is 2. The predicted molar refractivity (Wildman–Crippen MR) is 123 cm³/mol. The van der Waals surface area contributed by atoms with Gasteiger partial charge in [-0.05, 0) is 67.6 Å². The molecule has 2 N–H and O–H groups in total. The number of epoxide rings is 1. The van der Waals surface area contributed by atoms with Crippen LogP contribution in [0.4, 0.5) is 0 Å². The number of carbonyl (C=O) groups excluding carboxylic acids is 1. The first-order valence-corrected chi connectivity index (χ1v) is 12.7. The summed E-state index contributed by atoms with van der Waals surface area (Å²) < 4.78 is 11.5. The van der Waals surface area contributed by atoms with Gasteiger partial charge >= 0.3 is 5.97 Å².